The molecule has 0 radical (unpaired) electrons. The summed E-state index contributed by atoms with van der Waals surface area (Å²) in [5.41, 5.74) is 6.60. The second-order valence-corrected chi connectivity index (χ2v) is 6.01. The minimum atomic E-state index is -3.82. The Balaban J connectivity index is 2.38. The van der Waals surface area contributed by atoms with E-state index in [-0.39, 0.29) is 10.6 Å². The third-order valence-corrected chi connectivity index (χ3v) is 3.79. The SMILES string of the molecule is Nc1cc(S(N)(=O)=O)ccc1Nc1cc(F)ccc1Cl. The van der Waals surface area contributed by atoms with Gasteiger partial charge in [0, 0.05) is 0 Å². The molecule has 106 valence electrons. The summed E-state index contributed by atoms with van der Waals surface area (Å²) in [6.45, 7) is 0. The molecule has 0 fully saturated rings. The number of primary sulfonamides is 1. The van der Waals surface area contributed by atoms with Crippen molar-refractivity contribution in [2.45, 2.75) is 4.90 Å². The smallest absolute Gasteiger partial charge is 0.238 e. The Kier molecular flexibility index (Phi) is 3.85. The van der Waals surface area contributed by atoms with Gasteiger partial charge in [0.05, 0.1) is 27.0 Å². The highest BCUT2D eigenvalue weighted by Gasteiger charge is 2.11. The Morgan fingerprint density at radius 1 is 1.10 bits per heavy atom. The molecule has 0 amide bonds. The summed E-state index contributed by atoms with van der Waals surface area (Å²) in [6.07, 6.45) is 0. The van der Waals surface area contributed by atoms with E-state index in [9.17, 15) is 12.8 Å². The first-order valence-electron chi connectivity index (χ1n) is 5.42. The van der Waals surface area contributed by atoms with Gasteiger partial charge >= 0.3 is 0 Å². The van der Waals surface area contributed by atoms with Gasteiger partial charge in [0.25, 0.3) is 0 Å². The summed E-state index contributed by atoms with van der Waals surface area (Å²) < 4.78 is 35.5. The molecule has 2 aromatic carbocycles. The van der Waals surface area contributed by atoms with Crippen molar-refractivity contribution in [1.29, 1.82) is 0 Å². The van der Waals surface area contributed by atoms with E-state index in [2.05, 4.69) is 5.32 Å². The number of sulfonamides is 1. The summed E-state index contributed by atoms with van der Waals surface area (Å²) >= 11 is 5.92. The van der Waals surface area contributed by atoms with E-state index in [1.54, 1.807) is 0 Å². The van der Waals surface area contributed by atoms with E-state index in [1.165, 1.54) is 36.4 Å². The monoisotopic (exact) mass is 315 g/mol. The largest absolute Gasteiger partial charge is 0.397 e. The maximum absolute atomic E-state index is 13.1. The molecule has 0 unspecified atom stereocenters. The van der Waals surface area contributed by atoms with Gasteiger partial charge in [-0.2, -0.15) is 0 Å². The van der Waals surface area contributed by atoms with Gasteiger partial charge in [-0.1, -0.05) is 11.6 Å². The Labute approximate surface area is 120 Å². The lowest BCUT2D eigenvalue weighted by Crippen LogP contribution is -2.12. The minimum Gasteiger partial charge on any atom is -0.397 e. The van der Waals surface area contributed by atoms with Gasteiger partial charge in [0.1, 0.15) is 5.82 Å². The van der Waals surface area contributed by atoms with Gasteiger partial charge in [-0.3, -0.25) is 0 Å². The predicted molar refractivity (Wildman–Crippen MR) is 76.9 cm³/mol. The first-order chi connectivity index (χ1) is 9.27. The standard InChI is InChI=1S/C12H11ClFN3O2S/c13-9-3-1-7(14)5-12(9)17-11-4-2-8(6-10(11)15)20(16,18)19/h1-6,17H,15H2,(H2,16,18,19). The molecule has 20 heavy (non-hydrogen) atoms. The normalized spacial score (nSPS) is 11.3. The molecule has 0 aliphatic heterocycles. The maximum atomic E-state index is 13.1. The van der Waals surface area contributed by atoms with Gasteiger partial charge in [0.15, 0.2) is 0 Å². The van der Waals surface area contributed by atoms with E-state index >= 15 is 0 Å². The van der Waals surface area contributed by atoms with Crippen molar-refractivity contribution in [3.63, 3.8) is 0 Å². The Morgan fingerprint density at radius 3 is 2.40 bits per heavy atom. The van der Waals surface area contributed by atoms with Crippen LogP contribution in [0.4, 0.5) is 21.5 Å². The molecule has 0 bridgehead atoms. The van der Waals surface area contributed by atoms with Crippen LogP contribution < -0.4 is 16.2 Å². The predicted octanol–water partition coefficient (Wildman–Crippen LogP) is 2.45. The zero-order valence-electron chi connectivity index (χ0n) is 10.1. The molecule has 0 aromatic heterocycles. The van der Waals surface area contributed by atoms with Gasteiger partial charge in [-0.15, -0.1) is 0 Å². The Bertz CT molecular complexity index is 765. The van der Waals surface area contributed by atoms with Crippen molar-refractivity contribution < 1.29 is 12.8 Å². The van der Waals surface area contributed by atoms with E-state index in [1.807, 2.05) is 0 Å². The Morgan fingerprint density at radius 2 is 1.80 bits per heavy atom. The van der Waals surface area contributed by atoms with Crippen molar-refractivity contribution >= 4 is 38.7 Å². The van der Waals surface area contributed by atoms with Crippen LogP contribution in [0.15, 0.2) is 41.3 Å². The van der Waals surface area contributed by atoms with Crippen LogP contribution in [0.5, 0.6) is 0 Å². The molecule has 0 saturated heterocycles. The number of hydrogen-bond acceptors (Lipinski definition) is 4. The highest BCUT2D eigenvalue weighted by Crippen LogP contribution is 2.30. The van der Waals surface area contributed by atoms with E-state index in [4.69, 9.17) is 22.5 Å². The number of nitrogens with two attached hydrogens (primary N) is 2. The highest BCUT2D eigenvalue weighted by atomic mass is 35.5. The molecule has 0 saturated carbocycles. The summed E-state index contributed by atoms with van der Waals surface area (Å²) in [5, 5.41) is 8.13. The molecule has 8 heteroatoms. The molecule has 2 aromatic rings. The van der Waals surface area contributed by atoms with E-state index < -0.39 is 15.8 Å². The first kappa shape index (κ1) is 14.6. The van der Waals surface area contributed by atoms with Gasteiger partial charge < -0.3 is 11.1 Å². The van der Waals surface area contributed by atoms with E-state index in [0.29, 0.717) is 16.4 Å². The summed E-state index contributed by atoms with van der Waals surface area (Å²) in [7, 11) is -3.82. The van der Waals surface area contributed by atoms with Gasteiger partial charge in [-0.25, -0.2) is 17.9 Å². The molecule has 0 aliphatic carbocycles. The summed E-state index contributed by atoms with van der Waals surface area (Å²) in [4.78, 5) is -0.106. The van der Waals surface area contributed by atoms with Crippen LogP contribution in [0.3, 0.4) is 0 Å². The topological polar surface area (TPSA) is 98.2 Å². The lowest BCUT2D eigenvalue weighted by Gasteiger charge is -2.11. The van der Waals surface area contributed by atoms with Crippen LogP contribution in [-0.2, 0) is 10.0 Å². The summed E-state index contributed by atoms with van der Waals surface area (Å²) in [5.74, 6) is -0.461. The average Bonchev–Trinajstić information content (AvgIpc) is 2.35. The number of nitrogen functional groups attached to an aromatic ring is 1. The van der Waals surface area contributed by atoms with E-state index in [0.717, 1.165) is 0 Å². The fourth-order valence-electron chi connectivity index (χ4n) is 1.57. The van der Waals surface area contributed by atoms with Crippen LogP contribution >= 0.6 is 11.6 Å². The quantitative estimate of drug-likeness (QED) is 0.758. The van der Waals surface area contributed by atoms with Crippen LogP contribution in [0, 0.1) is 5.82 Å². The minimum absolute atomic E-state index is 0.106. The van der Waals surface area contributed by atoms with Crippen LogP contribution in [-0.4, -0.2) is 8.42 Å². The third-order valence-electron chi connectivity index (χ3n) is 2.55. The maximum Gasteiger partial charge on any atom is 0.238 e. The Hall–Kier alpha value is -1.83. The number of anilines is 3. The molecular formula is C12H11ClFN3O2S. The van der Waals surface area contributed by atoms with Gasteiger partial charge in [0.2, 0.25) is 10.0 Å². The number of hydrogen-bond donors (Lipinski definition) is 3. The third kappa shape index (κ3) is 3.19. The first-order valence-corrected chi connectivity index (χ1v) is 7.34. The van der Waals surface area contributed by atoms with Crippen LogP contribution in [0.1, 0.15) is 0 Å². The number of halogens is 2. The second kappa shape index (κ2) is 5.28. The van der Waals surface area contributed by atoms with Crippen molar-refractivity contribution in [3.8, 4) is 0 Å². The zero-order valence-corrected chi connectivity index (χ0v) is 11.7. The lowest BCUT2D eigenvalue weighted by atomic mass is 10.2. The number of nitrogens with one attached hydrogen (secondary N) is 1. The molecular weight excluding hydrogens is 305 g/mol. The fraction of sp³-hybridized carbons (Fsp3) is 0. The lowest BCUT2D eigenvalue weighted by molar-refractivity contribution is 0.598. The second-order valence-electron chi connectivity index (χ2n) is 4.04. The number of benzene rings is 2. The number of rotatable bonds is 3. The molecule has 0 spiro atoms. The fourth-order valence-corrected chi connectivity index (χ4v) is 2.28. The van der Waals surface area contributed by atoms with Crippen molar-refractivity contribution in [1.82, 2.24) is 0 Å². The van der Waals surface area contributed by atoms with Crippen molar-refractivity contribution in [2.24, 2.45) is 5.14 Å². The highest BCUT2D eigenvalue weighted by molar-refractivity contribution is 7.89. The zero-order chi connectivity index (χ0) is 14.9. The molecule has 0 aliphatic rings. The molecule has 0 heterocycles. The van der Waals surface area contributed by atoms with Crippen molar-refractivity contribution in [2.75, 3.05) is 11.1 Å². The molecule has 2 rings (SSSR count). The van der Waals surface area contributed by atoms with Crippen LogP contribution in [0.25, 0.3) is 0 Å². The van der Waals surface area contributed by atoms with Crippen molar-refractivity contribution in [3.05, 3.63) is 47.2 Å². The molecule has 0 atom stereocenters. The average molecular weight is 316 g/mol. The molecule has 5 N–H and O–H groups in total. The van der Waals surface area contributed by atoms with Crippen LogP contribution in [0.2, 0.25) is 5.02 Å². The summed E-state index contributed by atoms with van der Waals surface area (Å²) in [6, 6.07) is 7.76. The molecule has 5 nitrogen and oxygen atoms in total. The van der Waals surface area contributed by atoms with Gasteiger partial charge in [-0.05, 0) is 36.4 Å².